The van der Waals surface area contributed by atoms with E-state index in [0.717, 1.165) is 60.1 Å². The predicted molar refractivity (Wildman–Crippen MR) is 168 cm³/mol. The molecule has 42 heavy (non-hydrogen) atoms. The van der Waals surface area contributed by atoms with Crippen molar-refractivity contribution in [2.75, 3.05) is 33.9 Å². The highest BCUT2D eigenvalue weighted by Gasteiger charge is 2.25. The van der Waals surface area contributed by atoms with Crippen LogP contribution in [0.2, 0.25) is 0 Å². The van der Waals surface area contributed by atoms with E-state index < -0.39 is 0 Å². The summed E-state index contributed by atoms with van der Waals surface area (Å²) in [7, 11) is 3.27. The van der Waals surface area contributed by atoms with Gasteiger partial charge in [-0.1, -0.05) is 44.2 Å². The molecule has 0 radical (unpaired) electrons. The number of amides is 1. The lowest BCUT2D eigenvalue weighted by atomic mass is 9.87. The topological polar surface area (TPSA) is 55.7 Å². The Morgan fingerprint density at radius 1 is 0.976 bits per heavy atom. The van der Waals surface area contributed by atoms with Crippen molar-refractivity contribution in [3.8, 4) is 11.5 Å². The number of aromatic nitrogens is 1. The first-order valence-electron chi connectivity index (χ1n) is 14.9. The highest BCUT2D eigenvalue weighted by Crippen LogP contribution is 2.38. The van der Waals surface area contributed by atoms with Crippen LogP contribution >= 0.6 is 0 Å². The fraction of sp³-hybridized carbons (Fsp3) is 0.400. The molecule has 0 aliphatic rings. The van der Waals surface area contributed by atoms with Crippen LogP contribution in [0.3, 0.4) is 0 Å². The summed E-state index contributed by atoms with van der Waals surface area (Å²) < 4.78 is 26.9. The Bertz CT molecular complexity index is 1420. The summed E-state index contributed by atoms with van der Waals surface area (Å²) in [6, 6.07) is 20.7. The van der Waals surface area contributed by atoms with E-state index in [-0.39, 0.29) is 30.1 Å². The normalized spacial score (nSPS) is 12.8. The van der Waals surface area contributed by atoms with Crippen LogP contribution in [-0.4, -0.2) is 55.3 Å². The van der Waals surface area contributed by atoms with Gasteiger partial charge in [0, 0.05) is 48.1 Å². The molecule has 3 aromatic carbocycles. The van der Waals surface area contributed by atoms with Gasteiger partial charge in [-0.2, -0.15) is 0 Å². The van der Waals surface area contributed by atoms with Gasteiger partial charge in [0.15, 0.2) is 0 Å². The Hall–Kier alpha value is -3.84. The van der Waals surface area contributed by atoms with Gasteiger partial charge in [0.05, 0.1) is 14.2 Å². The minimum Gasteiger partial charge on any atom is -0.497 e. The second-order valence-corrected chi connectivity index (χ2v) is 10.9. The van der Waals surface area contributed by atoms with Crippen LogP contribution < -0.4 is 14.8 Å². The lowest BCUT2D eigenvalue weighted by Gasteiger charge is -2.22. The molecule has 0 fully saturated rings. The van der Waals surface area contributed by atoms with Crippen LogP contribution in [0.5, 0.6) is 11.5 Å². The molecule has 1 aromatic heterocycles. The van der Waals surface area contributed by atoms with Crippen LogP contribution in [0, 0.1) is 5.82 Å². The van der Waals surface area contributed by atoms with Crippen molar-refractivity contribution in [1.82, 2.24) is 14.8 Å². The summed E-state index contributed by atoms with van der Waals surface area (Å²) in [5.41, 5.74) is 4.05. The molecular weight excluding hydrogens is 529 g/mol. The molecule has 4 rings (SSSR count). The van der Waals surface area contributed by atoms with E-state index in [1.54, 1.807) is 14.2 Å². The van der Waals surface area contributed by atoms with E-state index in [9.17, 15) is 9.18 Å². The van der Waals surface area contributed by atoms with Crippen molar-refractivity contribution in [3.05, 3.63) is 95.4 Å². The first-order valence-corrected chi connectivity index (χ1v) is 14.9. The summed E-state index contributed by atoms with van der Waals surface area (Å²) in [4.78, 5) is 16.0. The molecule has 0 unspecified atom stereocenters. The predicted octanol–water partition coefficient (Wildman–Crippen LogP) is 6.99. The Labute approximate surface area is 249 Å². The number of methoxy groups -OCH3 is 2. The number of fused-ring (bicyclic) bond motifs is 1. The van der Waals surface area contributed by atoms with Gasteiger partial charge in [-0.3, -0.25) is 4.79 Å². The number of benzene rings is 3. The first-order chi connectivity index (χ1) is 20.3. The molecule has 0 aliphatic carbocycles. The molecule has 7 heteroatoms. The average Bonchev–Trinajstić information content (AvgIpc) is 3.36. The van der Waals surface area contributed by atoms with Crippen LogP contribution in [0.4, 0.5) is 4.39 Å². The summed E-state index contributed by atoms with van der Waals surface area (Å²) in [5, 5.41) is 4.33. The fourth-order valence-electron chi connectivity index (χ4n) is 5.66. The molecule has 0 saturated heterocycles. The Morgan fingerprint density at radius 3 is 2.29 bits per heavy atom. The molecule has 0 spiro atoms. The third-order valence-corrected chi connectivity index (χ3v) is 8.04. The van der Waals surface area contributed by atoms with Gasteiger partial charge >= 0.3 is 0 Å². The minimum absolute atomic E-state index is 0.00694. The van der Waals surface area contributed by atoms with Crippen molar-refractivity contribution in [2.45, 2.75) is 58.5 Å². The van der Waals surface area contributed by atoms with E-state index in [1.807, 2.05) is 42.5 Å². The van der Waals surface area contributed by atoms with Gasteiger partial charge < -0.3 is 24.3 Å². The van der Waals surface area contributed by atoms with Crippen LogP contribution in [0.25, 0.3) is 10.9 Å². The summed E-state index contributed by atoms with van der Waals surface area (Å²) in [6.45, 7) is 10.1. The van der Waals surface area contributed by atoms with E-state index in [2.05, 4.69) is 53.9 Å². The Balaban J connectivity index is 1.66. The fourth-order valence-corrected chi connectivity index (χ4v) is 5.66. The van der Waals surface area contributed by atoms with Crippen molar-refractivity contribution in [2.24, 2.45) is 0 Å². The molecule has 6 nitrogen and oxygen atoms in total. The van der Waals surface area contributed by atoms with Gasteiger partial charge in [-0.05, 0) is 86.4 Å². The molecule has 0 saturated carbocycles. The molecule has 2 atom stereocenters. The monoisotopic (exact) mass is 573 g/mol. The number of ether oxygens (including phenoxy) is 2. The number of halogens is 1. The van der Waals surface area contributed by atoms with E-state index >= 15 is 0 Å². The third-order valence-electron chi connectivity index (χ3n) is 8.04. The maximum atomic E-state index is 13.6. The third kappa shape index (κ3) is 7.91. The van der Waals surface area contributed by atoms with Gasteiger partial charge in [0.2, 0.25) is 5.91 Å². The highest BCUT2D eigenvalue weighted by molar-refractivity contribution is 5.87. The zero-order valence-electron chi connectivity index (χ0n) is 25.5. The zero-order valence-corrected chi connectivity index (χ0v) is 25.5. The number of nitrogens with zero attached hydrogens (tertiary/aromatic N) is 2. The SMILES string of the molecule is CCN(CC)CCC[C@H](C)NC(=O)C[C@H](c1cc(OC)cc(OC)c1)c1cn(Cc2ccc(F)cc2)c2ccccc12. The highest BCUT2D eigenvalue weighted by atomic mass is 19.1. The second kappa shape index (κ2) is 14.9. The number of nitrogens with one attached hydrogen (secondary N) is 1. The molecule has 4 aromatic rings. The molecular formula is C35H44FN3O3. The van der Waals surface area contributed by atoms with Gasteiger partial charge in [0.25, 0.3) is 0 Å². The molecule has 0 aliphatic heterocycles. The van der Waals surface area contributed by atoms with E-state index in [0.29, 0.717) is 18.0 Å². The van der Waals surface area contributed by atoms with Crippen molar-refractivity contribution < 1.29 is 18.7 Å². The minimum atomic E-state index is -0.253. The van der Waals surface area contributed by atoms with Gasteiger partial charge in [0.1, 0.15) is 17.3 Å². The first kappa shape index (κ1) is 31.1. The Morgan fingerprint density at radius 2 is 1.64 bits per heavy atom. The van der Waals surface area contributed by atoms with E-state index in [4.69, 9.17) is 9.47 Å². The number of rotatable bonds is 15. The maximum Gasteiger partial charge on any atom is 0.221 e. The number of carbonyl (C=O) groups excluding carboxylic acids is 1. The zero-order chi connectivity index (χ0) is 30.1. The smallest absolute Gasteiger partial charge is 0.221 e. The average molecular weight is 574 g/mol. The lowest BCUT2D eigenvalue weighted by Crippen LogP contribution is -2.34. The number of para-hydroxylation sites is 1. The van der Waals surface area contributed by atoms with Crippen molar-refractivity contribution in [1.29, 1.82) is 0 Å². The van der Waals surface area contributed by atoms with Gasteiger partial charge in [-0.25, -0.2) is 4.39 Å². The molecule has 1 amide bonds. The molecule has 0 bridgehead atoms. The summed E-state index contributed by atoms with van der Waals surface area (Å²) >= 11 is 0. The van der Waals surface area contributed by atoms with Crippen molar-refractivity contribution in [3.63, 3.8) is 0 Å². The molecule has 1 N–H and O–H groups in total. The van der Waals surface area contributed by atoms with Crippen molar-refractivity contribution >= 4 is 16.8 Å². The maximum absolute atomic E-state index is 13.6. The number of carbonyl (C=O) groups is 1. The van der Waals surface area contributed by atoms with Crippen LogP contribution in [-0.2, 0) is 11.3 Å². The van der Waals surface area contributed by atoms with E-state index in [1.165, 1.54) is 12.1 Å². The quantitative estimate of drug-likeness (QED) is 0.167. The van der Waals surface area contributed by atoms with Crippen LogP contribution in [0.15, 0.2) is 72.9 Å². The number of hydrogen-bond donors (Lipinski definition) is 1. The summed E-state index contributed by atoms with van der Waals surface area (Å²) in [5.74, 6) is 0.866. The molecule has 224 valence electrons. The van der Waals surface area contributed by atoms with Crippen LogP contribution in [0.1, 0.15) is 62.6 Å². The second-order valence-electron chi connectivity index (χ2n) is 10.9. The number of hydrogen-bond acceptors (Lipinski definition) is 4. The Kier molecular flexibility index (Phi) is 11.0. The summed E-state index contributed by atoms with van der Waals surface area (Å²) in [6.07, 6.45) is 4.38. The molecule has 1 heterocycles. The standard InChI is InChI=1S/C35H44FN3O3/c1-6-38(7-2)18-10-11-25(3)37-35(40)22-32(27-19-29(41-4)21-30(20-27)42-5)33-24-39(34-13-9-8-12-31(33)34)23-26-14-16-28(36)17-15-26/h8-9,12-17,19-21,24-25,32H,6-7,10-11,18,22-23H2,1-5H3,(H,37,40)/t25-,32+/m0/s1. The van der Waals surface area contributed by atoms with Gasteiger partial charge in [-0.15, -0.1) is 0 Å². The largest absolute Gasteiger partial charge is 0.497 e. The lowest BCUT2D eigenvalue weighted by molar-refractivity contribution is -0.121.